The molecule has 4 N–H and O–H groups in total. The van der Waals surface area contributed by atoms with Gasteiger partial charge in [0, 0.05) is 7.11 Å². The van der Waals surface area contributed by atoms with Gasteiger partial charge in [-0.25, -0.2) is 15.0 Å². The van der Waals surface area contributed by atoms with Crippen LogP contribution >= 0.6 is 0 Å². The highest BCUT2D eigenvalue weighted by atomic mass is 16.6. The first kappa shape index (κ1) is 13.2. The summed E-state index contributed by atoms with van der Waals surface area (Å²) in [5, 5.41) is 19.3. The van der Waals surface area contributed by atoms with E-state index in [0.29, 0.717) is 11.2 Å². The first-order valence-electron chi connectivity index (χ1n) is 6.07. The van der Waals surface area contributed by atoms with Gasteiger partial charge in [-0.2, -0.15) is 0 Å². The molecular weight excluding hydrogens is 266 g/mol. The summed E-state index contributed by atoms with van der Waals surface area (Å²) in [6.07, 6.45) is -0.119. The minimum absolute atomic E-state index is 0.264. The van der Waals surface area contributed by atoms with Crippen LogP contribution in [0.4, 0.5) is 5.82 Å². The average Bonchev–Trinajstić information content (AvgIpc) is 3.00. The molecule has 108 valence electrons. The summed E-state index contributed by atoms with van der Waals surface area (Å²) in [5.41, 5.74) is 6.66. The molecule has 9 nitrogen and oxygen atoms in total. The van der Waals surface area contributed by atoms with Crippen LogP contribution in [0.3, 0.4) is 0 Å². The molecule has 3 heterocycles. The van der Waals surface area contributed by atoms with Crippen molar-refractivity contribution in [2.45, 2.75) is 24.5 Å². The number of aliphatic hydroxyl groups is 2. The summed E-state index contributed by atoms with van der Waals surface area (Å²) in [6, 6.07) is 0. The molecule has 1 saturated heterocycles. The lowest BCUT2D eigenvalue weighted by molar-refractivity contribution is -0.0583. The number of nitrogens with zero attached hydrogens (tertiary/aromatic N) is 4. The molecule has 1 fully saturated rings. The largest absolute Gasteiger partial charge is 0.394 e. The highest BCUT2D eigenvalue weighted by Gasteiger charge is 2.45. The molecule has 0 aromatic carbocycles. The van der Waals surface area contributed by atoms with E-state index in [1.807, 2.05) is 0 Å². The van der Waals surface area contributed by atoms with Crippen LogP contribution in [0.2, 0.25) is 0 Å². The van der Waals surface area contributed by atoms with Crippen LogP contribution in [0.5, 0.6) is 0 Å². The summed E-state index contributed by atoms with van der Waals surface area (Å²) < 4.78 is 12.5. The zero-order valence-corrected chi connectivity index (χ0v) is 10.7. The fourth-order valence-corrected chi connectivity index (χ4v) is 2.40. The summed E-state index contributed by atoms with van der Waals surface area (Å²) in [7, 11) is 1.46. The van der Waals surface area contributed by atoms with Crippen molar-refractivity contribution in [2.75, 3.05) is 19.5 Å². The maximum Gasteiger partial charge on any atom is 0.167 e. The van der Waals surface area contributed by atoms with Crippen LogP contribution in [0.1, 0.15) is 6.23 Å². The molecular formula is C11H15N5O4. The molecule has 0 amide bonds. The Balaban J connectivity index is 2.04. The summed E-state index contributed by atoms with van der Waals surface area (Å²) in [6.45, 7) is -0.304. The molecule has 4 atom stereocenters. The maximum absolute atomic E-state index is 10.0. The van der Waals surface area contributed by atoms with Crippen LogP contribution < -0.4 is 5.73 Å². The number of imidazole rings is 1. The number of nitrogens with two attached hydrogens (primary N) is 1. The third kappa shape index (κ3) is 1.83. The molecule has 20 heavy (non-hydrogen) atoms. The van der Waals surface area contributed by atoms with Gasteiger partial charge in [0.05, 0.1) is 12.9 Å². The Morgan fingerprint density at radius 3 is 2.95 bits per heavy atom. The van der Waals surface area contributed by atoms with E-state index in [0.717, 1.165) is 0 Å². The lowest BCUT2D eigenvalue weighted by Crippen LogP contribution is -2.34. The highest BCUT2D eigenvalue weighted by molar-refractivity contribution is 5.81. The molecule has 0 saturated carbocycles. The average molecular weight is 281 g/mol. The lowest BCUT2D eigenvalue weighted by Gasteiger charge is -2.19. The number of rotatable bonds is 3. The SMILES string of the molecule is CO[C@H]1[C@H](O)[C@@H](CO)O[C@H]1n1cnc2c(N)ncnc21. The maximum atomic E-state index is 10.0. The van der Waals surface area contributed by atoms with E-state index in [4.69, 9.17) is 15.2 Å². The quantitative estimate of drug-likeness (QED) is 0.631. The van der Waals surface area contributed by atoms with Gasteiger partial charge in [-0.3, -0.25) is 4.57 Å². The Bertz CT molecular complexity index is 618. The van der Waals surface area contributed by atoms with Gasteiger partial charge < -0.3 is 25.4 Å². The number of anilines is 1. The molecule has 1 aliphatic heterocycles. The van der Waals surface area contributed by atoms with Gasteiger partial charge in [0.1, 0.15) is 30.2 Å². The Morgan fingerprint density at radius 2 is 2.25 bits per heavy atom. The monoisotopic (exact) mass is 281 g/mol. The first-order chi connectivity index (χ1) is 9.67. The van der Waals surface area contributed by atoms with Gasteiger partial charge in [-0.15, -0.1) is 0 Å². The van der Waals surface area contributed by atoms with E-state index in [1.54, 1.807) is 4.57 Å². The van der Waals surface area contributed by atoms with Gasteiger partial charge in [-0.05, 0) is 0 Å². The number of hydrogen-bond acceptors (Lipinski definition) is 8. The van der Waals surface area contributed by atoms with E-state index < -0.39 is 24.5 Å². The predicted octanol–water partition coefficient (Wildman–Crippen LogP) is -1.33. The Kier molecular flexibility index (Phi) is 3.26. The van der Waals surface area contributed by atoms with Crippen LogP contribution in [-0.2, 0) is 9.47 Å². The van der Waals surface area contributed by atoms with E-state index in [-0.39, 0.29) is 12.4 Å². The summed E-state index contributed by atoms with van der Waals surface area (Å²) in [5.74, 6) is 0.264. The number of aliphatic hydroxyl groups excluding tert-OH is 2. The minimum atomic E-state index is -0.938. The Hall–Kier alpha value is -1.81. The minimum Gasteiger partial charge on any atom is -0.394 e. The van der Waals surface area contributed by atoms with E-state index in [2.05, 4.69) is 15.0 Å². The molecule has 2 aromatic rings. The summed E-state index contributed by atoms with van der Waals surface area (Å²) >= 11 is 0. The normalized spacial score (nSPS) is 30.1. The third-order valence-electron chi connectivity index (χ3n) is 3.43. The highest BCUT2D eigenvalue weighted by Crippen LogP contribution is 2.33. The van der Waals surface area contributed by atoms with Crippen molar-refractivity contribution in [1.82, 2.24) is 19.5 Å². The Labute approximate surface area is 114 Å². The fourth-order valence-electron chi connectivity index (χ4n) is 2.40. The molecule has 0 radical (unpaired) electrons. The second kappa shape index (κ2) is 4.94. The summed E-state index contributed by atoms with van der Waals surface area (Å²) in [4.78, 5) is 12.1. The van der Waals surface area contributed by atoms with Crippen molar-refractivity contribution >= 4 is 17.0 Å². The zero-order valence-electron chi connectivity index (χ0n) is 10.7. The fraction of sp³-hybridized carbons (Fsp3) is 0.545. The van der Waals surface area contributed by atoms with Crippen molar-refractivity contribution in [1.29, 1.82) is 0 Å². The van der Waals surface area contributed by atoms with Crippen LogP contribution in [0.15, 0.2) is 12.7 Å². The van der Waals surface area contributed by atoms with Gasteiger partial charge in [-0.1, -0.05) is 0 Å². The second-order valence-electron chi connectivity index (χ2n) is 4.52. The first-order valence-corrected chi connectivity index (χ1v) is 6.07. The van der Waals surface area contributed by atoms with Crippen molar-refractivity contribution in [2.24, 2.45) is 0 Å². The Morgan fingerprint density at radius 1 is 1.45 bits per heavy atom. The lowest BCUT2D eigenvalue weighted by atomic mass is 10.1. The van der Waals surface area contributed by atoms with Crippen LogP contribution in [0, 0.1) is 0 Å². The van der Waals surface area contributed by atoms with Crippen molar-refractivity contribution in [3.05, 3.63) is 12.7 Å². The number of hydrogen-bond donors (Lipinski definition) is 3. The van der Waals surface area contributed by atoms with Crippen molar-refractivity contribution < 1.29 is 19.7 Å². The molecule has 9 heteroatoms. The van der Waals surface area contributed by atoms with Crippen molar-refractivity contribution in [3.8, 4) is 0 Å². The smallest absolute Gasteiger partial charge is 0.167 e. The van der Waals surface area contributed by atoms with Gasteiger partial charge in [0.15, 0.2) is 17.7 Å². The van der Waals surface area contributed by atoms with Gasteiger partial charge in [0.25, 0.3) is 0 Å². The molecule has 0 spiro atoms. The number of fused-ring (bicyclic) bond motifs is 1. The number of nitrogen functional groups attached to an aromatic ring is 1. The zero-order chi connectivity index (χ0) is 14.3. The second-order valence-corrected chi connectivity index (χ2v) is 4.52. The van der Waals surface area contributed by atoms with Crippen molar-refractivity contribution in [3.63, 3.8) is 0 Å². The standard InChI is InChI=1S/C11H15N5O4/c1-19-8-7(18)5(2-17)20-11(8)16-4-15-6-9(12)13-3-14-10(6)16/h3-5,7-8,11,17-18H,2H2,1H3,(H2,12,13,14)/t5-,7-,8+,11-/m1/s1. The number of aromatic nitrogens is 4. The number of ether oxygens (including phenoxy) is 2. The molecule has 0 bridgehead atoms. The topological polar surface area (TPSA) is 129 Å². The van der Waals surface area contributed by atoms with Gasteiger partial charge >= 0.3 is 0 Å². The van der Waals surface area contributed by atoms with Crippen LogP contribution in [0.25, 0.3) is 11.2 Å². The molecule has 3 rings (SSSR count). The molecule has 1 aliphatic rings. The van der Waals surface area contributed by atoms with E-state index in [1.165, 1.54) is 19.8 Å². The number of methoxy groups -OCH3 is 1. The molecule has 0 aliphatic carbocycles. The van der Waals surface area contributed by atoms with E-state index in [9.17, 15) is 10.2 Å². The molecule has 0 unspecified atom stereocenters. The van der Waals surface area contributed by atoms with Gasteiger partial charge in [0.2, 0.25) is 0 Å². The van der Waals surface area contributed by atoms with Crippen LogP contribution in [-0.4, -0.2) is 61.8 Å². The molecule has 2 aromatic heterocycles. The van der Waals surface area contributed by atoms with E-state index >= 15 is 0 Å². The predicted molar refractivity (Wildman–Crippen MR) is 67.5 cm³/mol. The third-order valence-corrected chi connectivity index (χ3v) is 3.43.